The number of benzene rings is 1. The van der Waals surface area contributed by atoms with Crippen LogP contribution in [0, 0.1) is 0 Å². The Morgan fingerprint density at radius 2 is 2.04 bits per heavy atom. The van der Waals surface area contributed by atoms with E-state index in [-0.39, 0.29) is 0 Å². The van der Waals surface area contributed by atoms with Crippen molar-refractivity contribution >= 4 is 50.7 Å². The van der Waals surface area contributed by atoms with E-state index in [1.807, 2.05) is 11.3 Å². The molecule has 3 heterocycles. The van der Waals surface area contributed by atoms with E-state index in [1.165, 1.54) is 40.7 Å². The predicted molar refractivity (Wildman–Crippen MR) is 120 cm³/mol. The molecule has 0 N–H and O–H groups in total. The number of thiophene rings is 1. The maximum atomic E-state index is 5.01. The van der Waals surface area contributed by atoms with Gasteiger partial charge in [-0.1, -0.05) is 60.8 Å². The van der Waals surface area contributed by atoms with E-state index in [2.05, 4.69) is 58.1 Å². The quantitative estimate of drug-likeness (QED) is 0.296. The molecule has 0 spiro atoms. The lowest BCUT2D eigenvalue weighted by Gasteiger charge is -2.18. The minimum Gasteiger partial charge on any atom is -0.248 e. The number of aryl methyl sites for hydroxylation is 2. The number of hydrogen-bond acceptors (Lipinski definition) is 6. The summed E-state index contributed by atoms with van der Waals surface area (Å²) in [6.07, 6.45) is 6.81. The molecule has 5 rings (SSSR count). The highest BCUT2D eigenvalue weighted by Crippen LogP contribution is 2.44. The highest BCUT2D eigenvalue weighted by atomic mass is 32.2. The minimum atomic E-state index is 0.578. The number of rotatable bonds is 5. The Labute approximate surface area is 177 Å². The molecule has 4 aromatic rings. The maximum absolute atomic E-state index is 5.01. The Kier molecular flexibility index (Phi) is 5.07. The third kappa shape index (κ3) is 3.13. The van der Waals surface area contributed by atoms with Crippen LogP contribution in [-0.4, -0.2) is 31.6 Å². The van der Waals surface area contributed by atoms with Gasteiger partial charge in [-0.15, -0.1) is 21.5 Å². The molecule has 3 aromatic heterocycles. The molecule has 0 fully saturated rings. The van der Waals surface area contributed by atoms with E-state index in [4.69, 9.17) is 4.98 Å². The van der Waals surface area contributed by atoms with Crippen LogP contribution < -0.4 is 0 Å². The summed E-state index contributed by atoms with van der Waals surface area (Å²) in [7, 11) is 0. The molecule has 0 amide bonds. The van der Waals surface area contributed by atoms with Gasteiger partial charge in [0.2, 0.25) is 0 Å². The van der Waals surface area contributed by atoms with E-state index in [0.717, 1.165) is 33.0 Å². The van der Waals surface area contributed by atoms with Crippen LogP contribution in [0.25, 0.3) is 15.9 Å². The van der Waals surface area contributed by atoms with Crippen molar-refractivity contribution < 1.29 is 0 Å². The molecule has 4 nitrogen and oxygen atoms in total. The number of aromatic nitrogens is 4. The van der Waals surface area contributed by atoms with E-state index >= 15 is 0 Å². The van der Waals surface area contributed by atoms with Crippen molar-refractivity contribution in [3.05, 3.63) is 46.3 Å². The van der Waals surface area contributed by atoms with Crippen molar-refractivity contribution in [2.24, 2.45) is 0 Å². The van der Waals surface area contributed by atoms with Gasteiger partial charge in [-0.05, 0) is 49.0 Å². The topological polar surface area (TPSA) is 43.1 Å². The number of fused-ring (bicyclic) bond motifs is 5. The molecule has 0 bridgehead atoms. The highest BCUT2D eigenvalue weighted by molar-refractivity contribution is 7.99. The average molecular weight is 427 g/mol. The Morgan fingerprint density at radius 1 is 1.18 bits per heavy atom. The zero-order chi connectivity index (χ0) is 19.1. The first-order chi connectivity index (χ1) is 13.8. The van der Waals surface area contributed by atoms with Crippen LogP contribution in [0.1, 0.15) is 41.7 Å². The van der Waals surface area contributed by atoms with Crippen LogP contribution in [0.2, 0.25) is 0 Å². The van der Waals surface area contributed by atoms with Gasteiger partial charge in [0.05, 0.1) is 5.39 Å². The molecule has 1 atom stereocenters. The second-order valence-corrected chi connectivity index (χ2v) is 10.2. The van der Waals surface area contributed by atoms with E-state index in [1.54, 1.807) is 23.5 Å². The number of thioether (sulfide) groups is 2. The van der Waals surface area contributed by atoms with Gasteiger partial charge in [0.15, 0.2) is 16.0 Å². The fraction of sp³-hybridized carbons (Fsp3) is 0.381. The smallest absolute Gasteiger partial charge is 0.197 e. The second kappa shape index (κ2) is 7.69. The Hall–Kier alpha value is -1.57. The molecule has 1 aliphatic carbocycles. The lowest BCUT2D eigenvalue weighted by molar-refractivity contribution is 0.602. The molecule has 0 radical (unpaired) electrons. The van der Waals surface area contributed by atoms with Gasteiger partial charge in [-0.2, -0.15) is 0 Å². The monoisotopic (exact) mass is 426 g/mol. The maximum Gasteiger partial charge on any atom is 0.197 e. The van der Waals surface area contributed by atoms with Gasteiger partial charge in [0.1, 0.15) is 4.83 Å². The van der Waals surface area contributed by atoms with Gasteiger partial charge >= 0.3 is 0 Å². The predicted octanol–water partition coefficient (Wildman–Crippen LogP) is 5.84. The molecule has 0 saturated heterocycles. The summed E-state index contributed by atoms with van der Waals surface area (Å²) in [5, 5.41) is 12.4. The third-order valence-electron chi connectivity index (χ3n) is 5.43. The van der Waals surface area contributed by atoms with E-state index in [0.29, 0.717) is 5.92 Å². The third-order valence-corrected chi connectivity index (χ3v) is 8.16. The van der Waals surface area contributed by atoms with Crippen molar-refractivity contribution in [3.8, 4) is 0 Å². The van der Waals surface area contributed by atoms with Gasteiger partial charge in [-0.25, -0.2) is 9.38 Å². The molecule has 0 saturated carbocycles. The fourth-order valence-electron chi connectivity index (χ4n) is 4.07. The number of hydrogen-bond donors (Lipinski definition) is 0. The van der Waals surface area contributed by atoms with E-state index in [9.17, 15) is 0 Å². The van der Waals surface area contributed by atoms with Gasteiger partial charge in [-0.3, -0.25) is 0 Å². The van der Waals surface area contributed by atoms with Crippen molar-refractivity contribution in [2.75, 3.05) is 12.0 Å². The van der Waals surface area contributed by atoms with Crippen LogP contribution >= 0.6 is 34.9 Å². The largest absolute Gasteiger partial charge is 0.248 e. The zero-order valence-corrected chi connectivity index (χ0v) is 18.5. The van der Waals surface area contributed by atoms with Crippen molar-refractivity contribution in [1.82, 2.24) is 19.6 Å². The summed E-state index contributed by atoms with van der Waals surface area (Å²) in [4.78, 5) is 7.64. The van der Waals surface area contributed by atoms with E-state index < -0.39 is 0 Å². The Morgan fingerprint density at radius 3 is 2.86 bits per heavy atom. The van der Waals surface area contributed by atoms with Crippen molar-refractivity contribution in [3.63, 3.8) is 0 Å². The second-order valence-electron chi connectivity index (χ2n) is 7.24. The molecule has 7 heteroatoms. The van der Waals surface area contributed by atoms with Crippen LogP contribution in [0.5, 0.6) is 0 Å². The van der Waals surface area contributed by atoms with Gasteiger partial charge in [0, 0.05) is 10.6 Å². The molecule has 144 valence electrons. The Bertz CT molecular complexity index is 1130. The fourth-order valence-corrected chi connectivity index (χ4v) is 6.97. The summed E-state index contributed by atoms with van der Waals surface area (Å²) in [5.74, 6) is 1.56. The summed E-state index contributed by atoms with van der Waals surface area (Å²) in [6, 6.07) is 10.6. The van der Waals surface area contributed by atoms with Crippen LogP contribution in [0.3, 0.4) is 0 Å². The lowest BCUT2D eigenvalue weighted by atomic mass is 9.87. The van der Waals surface area contributed by atoms with Crippen molar-refractivity contribution in [2.45, 2.75) is 48.8 Å². The standard InChI is InChI=1S/C21H22N4S3/c1-13-7-6-10-15-16(13)17-18-23-24-21(25(18)20(26-2)22-19(17)28-15)27-12-11-14-8-4-3-5-9-14/h3-5,8-9,13H,6-7,10-12H2,1-2H3. The highest BCUT2D eigenvalue weighted by Gasteiger charge is 2.26. The summed E-state index contributed by atoms with van der Waals surface area (Å²) in [6.45, 7) is 2.34. The molecule has 0 aliphatic heterocycles. The van der Waals surface area contributed by atoms with Gasteiger partial charge in [0.25, 0.3) is 0 Å². The van der Waals surface area contributed by atoms with Crippen molar-refractivity contribution in [1.29, 1.82) is 0 Å². The van der Waals surface area contributed by atoms with Crippen LogP contribution in [0.4, 0.5) is 0 Å². The molecule has 28 heavy (non-hydrogen) atoms. The van der Waals surface area contributed by atoms with Crippen LogP contribution in [0.15, 0.2) is 40.6 Å². The molecular weight excluding hydrogens is 404 g/mol. The summed E-state index contributed by atoms with van der Waals surface area (Å²) >= 11 is 5.30. The minimum absolute atomic E-state index is 0.578. The zero-order valence-electron chi connectivity index (χ0n) is 16.0. The van der Waals surface area contributed by atoms with Crippen LogP contribution in [-0.2, 0) is 12.8 Å². The lowest BCUT2D eigenvalue weighted by Crippen LogP contribution is -2.05. The first-order valence-corrected chi connectivity index (χ1v) is 12.7. The number of nitrogens with zero attached hydrogens (tertiary/aromatic N) is 4. The first kappa shape index (κ1) is 18.5. The molecule has 1 aliphatic rings. The SMILES string of the molecule is CSc1nc2sc3c(c2c2nnc(SCCc4ccccc4)n12)C(C)CCC3. The molecule has 1 unspecified atom stereocenters. The molecule has 1 aromatic carbocycles. The first-order valence-electron chi connectivity index (χ1n) is 9.67. The summed E-state index contributed by atoms with van der Waals surface area (Å²) in [5.41, 5.74) is 3.82. The summed E-state index contributed by atoms with van der Waals surface area (Å²) < 4.78 is 2.18. The van der Waals surface area contributed by atoms with Gasteiger partial charge < -0.3 is 0 Å². The normalized spacial score (nSPS) is 16.7. The molecular formula is C21H22N4S3. The Balaban J connectivity index is 1.56. The average Bonchev–Trinajstić information content (AvgIpc) is 3.30.